The Kier molecular flexibility index (Phi) is 6.72. The molecule has 150 valence electrons. The molecule has 0 unspecified atom stereocenters. The molecule has 0 aliphatic carbocycles. The van der Waals surface area contributed by atoms with Crippen molar-refractivity contribution in [2.45, 2.75) is 13.3 Å². The minimum atomic E-state index is -0.441. The minimum absolute atomic E-state index is 0.0926. The van der Waals surface area contributed by atoms with E-state index in [0.29, 0.717) is 15.8 Å². The van der Waals surface area contributed by atoms with Gasteiger partial charge in [0.2, 0.25) is 0 Å². The number of carbonyl (C=O) groups excluding carboxylic acids is 2. The standard InChI is InChI=1S/C22H22N2O4S/c1-4-15-5-9-17(10-6-15)23-22-24(2)21(26)19(29-22)13-16-7-11-18(12-8-16)28-14-20(25)27-3/h5-13H,4,14H2,1-3H3/b19-13+,23-22?. The number of aryl methyl sites for hydroxylation is 1. The van der Waals surface area contributed by atoms with Crippen LogP contribution < -0.4 is 4.74 Å². The highest BCUT2D eigenvalue weighted by atomic mass is 32.2. The first kappa shape index (κ1) is 20.7. The predicted molar refractivity (Wildman–Crippen MR) is 115 cm³/mol. The van der Waals surface area contributed by atoms with Gasteiger partial charge >= 0.3 is 5.97 Å². The smallest absolute Gasteiger partial charge is 0.343 e. The van der Waals surface area contributed by atoms with E-state index in [9.17, 15) is 9.59 Å². The van der Waals surface area contributed by atoms with Gasteiger partial charge in [0.15, 0.2) is 11.8 Å². The van der Waals surface area contributed by atoms with Crippen LogP contribution in [0.2, 0.25) is 0 Å². The molecule has 7 heteroatoms. The van der Waals surface area contributed by atoms with Crippen LogP contribution in [0.1, 0.15) is 18.1 Å². The summed E-state index contributed by atoms with van der Waals surface area (Å²) in [4.78, 5) is 30.4. The number of hydrogen-bond donors (Lipinski definition) is 0. The molecule has 1 heterocycles. The Labute approximate surface area is 174 Å². The van der Waals surface area contributed by atoms with E-state index in [2.05, 4.69) is 16.7 Å². The van der Waals surface area contributed by atoms with E-state index in [4.69, 9.17) is 4.74 Å². The van der Waals surface area contributed by atoms with Crippen LogP contribution in [0.25, 0.3) is 6.08 Å². The predicted octanol–water partition coefficient (Wildman–Crippen LogP) is 4.03. The quantitative estimate of drug-likeness (QED) is 0.531. The number of nitrogens with zero attached hydrogens (tertiary/aromatic N) is 2. The van der Waals surface area contributed by atoms with Gasteiger partial charge in [0, 0.05) is 7.05 Å². The molecule has 0 radical (unpaired) electrons. The normalized spacial score (nSPS) is 16.5. The number of likely N-dealkylation sites (N-methyl/N-ethyl adjacent to an activating group) is 1. The third-order valence-corrected chi connectivity index (χ3v) is 5.40. The average molecular weight is 410 g/mol. The van der Waals surface area contributed by atoms with Gasteiger partial charge in [0.1, 0.15) is 5.75 Å². The fourth-order valence-corrected chi connectivity index (χ4v) is 3.57. The number of aliphatic imine (C=N–C) groups is 1. The summed E-state index contributed by atoms with van der Waals surface area (Å²) in [7, 11) is 3.03. The summed E-state index contributed by atoms with van der Waals surface area (Å²) in [6.07, 6.45) is 2.79. The van der Waals surface area contributed by atoms with Crippen molar-refractivity contribution >= 4 is 40.6 Å². The number of carbonyl (C=O) groups is 2. The van der Waals surface area contributed by atoms with Crippen molar-refractivity contribution < 1.29 is 19.1 Å². The maximum atomic E-state index is 12.6. The van der Waals surface area contributed by atoms with E-state index in [1.165, 1.54) is 24.4 Å². The van der Waals surface area contributed by atoms with E-state index < -0.39 is 5.97 Å². The van der Waals surface area contributed by atoms with Crippen molar-refractivity contribution in [3.05, 3.63) is 64.6 Å². The topological polar surface area (TPSA) is 68.2 Å². The maximum Gasteiger partial charge on any atom is 0.343 e. The molecule has 1 aliphatic rings. The van der Waals surface area contributed by atoms with Crippen molar-refractivity contribution in [2.24, 2.45) is 4.99 Å². The molecule has 1 fully saturated rings. The molecule has 0 bridgehead atoms. The van der Waals surface area contributed by atoms with Gasteiger partial charge in [-0.25, -0.2) is 9.79 Å². The Bertz CT molecular complexity index is 950. The van der Waals surface area contributed by atoms with Crippen LogP contribution in [0.3, 0.4) is 0 Å². The molecule has 0 atom stereocenters. The molecule has 2 aromatic rings. The van der Waals surface area contributed by atoms with Crippen LogP contribution in [0.5, 0.6) is 5.75 Å². The lowest BCUT2D eigenvalue weighted by Gasteiger charge is -2.07. The van der Waals surface area contributed by atoms with E-state index in [1.54, 1.807) is 24.1 Å². The van der Waals surface area contributed by atoms with Gasteiger partial charge in [-0.3, -0.25) is 9.69 Å². The fourth-order valence-electron chi connectivity index (χ4n) is 2.58. The van der Waals surface area contributed by atoms with Gasteiger partial charge in [-0.2, -0.15) is 0 Å². The van der Waals surface area contributed by atoms with Crippen LogP contribution in [0.15, 0.2) is 58.4 Å². The molecule has 0 spiro atoms. The molecule has 2 aromatic carbocycles. The molecule has 1 saturated heterocycles. The monoisotopic (exact) mass is 410 g/mol. The molecule has 6 nitrogen and oxygen atoms in total. The molecular weight excluding hydrogens is 388 g/mol. The number of amides is 1. The largest absolute Gasteiger partial charge is 0.482 e. The molecule has 1 amide bonds. The summed E-state index contributed by atoms with van der Waals surface area (Å²) >= 11 is 1.34. The number of hydrogen-bond acceptors (Lipinski definition) is 6. The minimum Gasteiger partial charge on any atom is -0.482 e. The Morgan fingerprint density at radius 2 is 1.83 bits per heavy atom. The first-order valence-electron chi connectivity index (χ1n) is 9.15. The fraction of sp³-hybridized carbons (Fsp3) is 0.227. The van der Waals surface area contributed by atoms with Gasteiger partial charge in [0.05, 0.1) is 17.7 Å². The molecule has 3 rings (SSSR count). The first-order valence-corrected chi connectivity index (χ1v) is 9.96. The molecular formula is C22H22N2O4S. The number of methoxy groups -OCH3 is 1. The Morgan fingerprint density at radius 3 is 2.45 bits per heavy atom. The highest BCUT2D eigenvalue weighted by Gasteiger charge is 2.30. The third kappa shape index (κ3) is 5.26. The van der Waals surface area contributed by atoms with E-state index in [-0.39, 0.29) is 12.5 Å². The SMILES string of the molecule is CCc1ccc(N=C2S/C(=C/c3ccc(OCC(=O)OC)cc3)C(=O)N2C)cc1. The summed E-state index contributed by atoms with van der Waals surface area (Å²) in [6.45, 7) is 1.96. The summed E-state index contributed by atoms with van der Waals surface area (Å²) < 4.78 is 9.87. The number of thioether (sulfide) groups is 1. The van der Waals surface area contributed by atoms with E-state index in [1.807, 2.05) is 42.5 Å². The Balaban J connectivity index is 1.72. The summed E-state index contributed by atoms with van der Waals surface area (Å²) in [5.41, 5.74) is 2.92. The van der Waals surface area contributed by atoms with Crippen molar-refractivity contribution in [3.63, 3.8) is 0 Å². The van der Waals surface area contributed by atoms with Crippen molar-refractivity contribution in [1.29, 1.82) is 0 Å². The van der Waals surface area contributed by atoms with Crippen molar-refractivity contribution in [3.8, 4) is 5.75 Å². The Hall–Kier alpha value is -3.06. The number of esters is 1. The van der Waals surface area contributed by atoms with Crippen LogP contribution >= 0.6 is 11.8 Å². The van der Waals surface area contributed by atoms with Crippen LogP contribution in [-0.4, -0.2) is 42.7 Å². The second-order valence-corrected chi connectivity index (χ2v) is 7.33. The van der Waals surface area contributed by atoms with Crippen LogP contribution in [0, 0.1) is 0 Å². The average Bonchev–Trinajstić information content (AvgIpc) is 3.01. The van der Waals surface area contributed by atoms with Gasteiger partial charge in [0.25, 0.3) is 5.91 Å². The van der Waals surface area contributed by atoms with Gasteiger partial charge in [-0.15, -0.1) is 0 Å². The highest BCUT2D eigenvalue weighted by molar-refractivity contribution is 8.18. The molecule has 0 aromatic heterocycles. The molecule has 1 aliphatic heterocycles. The Morgan fingerprint density at radius 1 is 1.14 bits per heavy atom. The maximum absolute atomic E-state index is 12.6. The zero-order valence-corrected chi connectivity index (χ0v) is 17.4. The van der Waals surface area contributed by atoms with Gasteiger partial charge in [-0.05, 0) is 59.7 Å². The first-order chi connectivity index (χ1) is 14.0. The highest BCUT2D eigenvalue weighted by Crippen LogP contribution is 2.33. The molecule has 0 N–H and O–H groups in total. The second-order valence-electron chi connectivity index (χ2n) is 6.32. The van der Waals surface area contributed by atoms with Crippen LogP contribution in [-0.2, 0) is 20.7 Å². The lowest BCUT2D eigenvalue weighted by molar-refractivity contribution is -0.142. The molecule has 0 saturated carbocycles. The number of rotatable bonds is 6. The van der Waals surface area contributed by atoms with E-state index in [0.717, 1.165) is 17.7 Å². The van der Waals surface area contributed by atoms with E-state index >= 15 is 0 Å². The lowest BCUT2D eigenvalue weighted by atomic mass is 10.2. The van der Waals surface area contributed by atoms with Crippen LogP contribution in [0.4, 0.5) is 5.69 Å². The van der Waals surface area contributed by atoms with Crippen molar-refractivity contribution in [2.75, 3.05) is 20.8 Å². The summed E-state index contributed by atoms with van der Waals surface area (Å²) in [5.74, 6) is 0.0196. The number of ether oxygens (including phenoxy) is 2. The second kappa shape index (κ2) is 9.43. The van der Waals surface area contributed by atoms with Crippen molar-refractivity contribution in [1.82, 2.24) is 4.90 Å². The zero-order chi connectivity index (χ0) is 20.8. The number of benzene rings is 2. The van der Waals surface area contributed by atoms with Gasteiger partial charge in [-0.1, -0.05) is 31.2 Å². The molecule has 29 heavy (non-hydrogen) atoms. The summed E-state index contributed by atoms with van der Waals surface area (Å²) in [5, 5.41) is 0.642. The third-order valence-electron chi connectivity index (χ3n) is 4.34. The summed E-state index contributed by atoms with van der Waals surface area (Å²) in [6, 6.07) is 15.1. The number of amidine groups is 1. The lowest BCUT2D eigenvalue weighted by Crippen LogP contribution is -2.23. The van der Waals surface area contributed by atoms with Gasteiger partial charge < -0.3 is 9.47 Å². The zero-order valence-electron chi connectivity index (χ0n) is 16.5.